The average Bonchev–Trinajstić information content (AvgIpc) is 2.95. The van der Waals surface area contributed by atoms with Gasteiger partial charge in [-0.1, -0.05) is 13.8 Å². The summed E-state index contributed by atoms with van der Waals surface area (Å²) in [6.07, 6.45) is 5.74. The number of rotatable bonds is 2. The molecule has 1 fully saturated rings. The van der Waals surface area contributed by atoms with E-state index in [4.69, 9.17) is 4.98 Å². The number of hydrogen-bond donors (Lipinski definition) is 1. The van der Waals surface area contributed by atoms with Crippen LogP contribution in [0.1, 0.15) is 49.9 Å². The first-order chi connectivity index (χ1) is 8.60. The molecule has 1 atom stereocenters. The Labute approximate surface area is 108 Å². The highest BCUT2D eigenvalue weighted by Gasteiger charge is 2.46. The summed E-state index contributed by atoms with van der Waals surface area (Å²) in [5.41, 5.74) is 3.53. The van der Waals surface area contributed by atoms with Gasteiger partial charge in [0.05, 0.1) is 5.56 Å². The van der Waals surface area contributed by atoms with Gasteiger partial charge in [0, 0.05) is 11.7 Å². The van der Waals surface area contributed by atoms with Gasteiger partial charge in [-0.15, -0.1) is 0 Å². The first kappa shape index (κ1) is 11.5. The van der Waals surface area contributed by atoms with E-state index in [1.54, 1.807) is 0 Å². The summed E-state index contributed by atoms with van der Waals surface area (Å²) in [7, 11) is 0. The molecule has 0 amide bonds. The predicted octanol–water partition coefficient (Wildman–Crippen LogP) is 3.04. The standard InChI is InChI=1S/C15H19N3/c1-15(2)8-13(15)18-14-11(9-16)7-10-5-3-4-6-12(10)17-14/h7,13H,3-6,8H2,1-2H3,(H,17,18). The molecule has 0 radical (unpaired) electrons. The molecule has 2 aliphatic rings. The summed E-state index contributed by atoms with van der Waals surface area (Å²) >= 11 is 0. The molecule has 0 aliphatic heterocycles. The van der Waals surface area contributed by atoms with Crippen LogP contribution in [0.15, 0.2) is 6.07 Å². The summed E-state index contributed by atoms with van der Waals surface area (Å²) in [4.78, 5) is 4.70. The van der Waals surface area contributed by atoms with Gasteiger partial charge in [0.15, 0.2) is 0 Å². The molecule has 94 valence electrons. The lowest BCUT2D eigenvalue weighted by atomic mass is 9.95. The zero-order valence-electron chi connectivity index (χ0n) is 11.1. The fraction of sp³-hybridized carbons (Fsp3) is 0.600. The largest absolute Gasteiger partial charge is 0.366 e. The lowest BCUT2D eigenvalue weighted by Crippen LogP contribution is -2.14. The molecule has 0 aromatic carbocycles. The molecule has 3 nitrogen and oxygen atoms in total. The Morgan fingerprint density at radius 1 is 1.39 bits per heavy atom. The van der Waals surface area contributed by atoms with Crippen molar-refractivity contribution < 1.29 is 0 Å². The summed E-state index contributed by atoms with van der Waals surface area (Å²) in [6.45, 7) is 4.49. The van der Waals surface area contributed by atoms with E-state index in [9.17, 15) is 5.26 Å². The number of hydrogen-bond acceptors (Lipinski definition) is 3. The molecule has 1 heterocycles. The Hall–Kier alpha value is -1.56. The molecule has 1 aromatic heterocycles. The molecule has 18 heavy (non-hydrogen) atoms. The van der Waals surface area contributed by atoms with Crippen LogP contribution < -0.4 is 5.32 Å². The van der Waals surface area contributed by atoms with Crippen LogP contribution in [-0.4, -0.2) is 11.0 Å². The minimum Gasteiger partial charge on any atom is -0.366 e. The van der Waals surface area contributed by atoms with Gasteiger partial charge < -0.3 is 5.32 Å². The Morgan fingerprint density at radius 3 is 2.78 bits per heavy atom. The molecule has 2 aliphatic carbocycles. The van der Waals surface area contributed by atoms with Crippen molar-refractivity contribution in [2.45, 2.75) is 52.0 Å². The minimum absolute atomic E-state index is 0.351. The van der Waals surface area contributed by atoms with Crippen molar-refractivity contribution >= 4 is 5.82 Å². The Bertz CT molecular complexity index is 525. The monoisotopic (exact) mass is 241 g/mol. The second-order valence-electron chi connectivity index (χ2n) is 6.20. The molecule has 0 bridgehead atoms. The van der Waals surface area contributed by atoms with Crippen molar-refractivity contribution in [3.8, 4) is 6.07 Å². The first-order valence-electron chi connectivity index (χ1n) is 6.79. The van der Waals surface area contributed by atoms with Crippen LogP contribution in [0.2, 0.25) is 0 Å². The lowest BCUT2D eigenvalue weighted by Gasteiger charge is -2.17. The van der Waals surface area contributed by atoms with Crippen LogP contribution in [0.4, 0.5) is 5.82 Å². The van der Waals surface area contributed by atoms with Crippen LogP contribution >= 0.6 is 0 Å². The lowest BCUT2D eigenvalue weighted by molar-refractivity contribution is 0.628. The van der Waals surface area contributed by atoms with Crippen molar-refractivity contribution in [1.29, 1.82) is 5.26 Å². The fourth-order valence-corrected chi connectivity index (χ4v) is 2.71. The van der Waals surface area contributed by atoms with E-state index >= 15 is 0 Å². The average molecular weight is 241 g/mol. The molecular weight excluding hydrogens is 222 g/mol. The fourth-order valence-electron chi connectivity index (χ4n) is 2.71. The van der Waals surface area contributed by atoms with E-state index in [-0.39, 0.29) is 0 Å². The van der Waals surface area contributed by atoms with Gasteiger partial charge in [-0.3, -0.25) is 0 Å². The molecule has 1 aromatic rings. The molecular formula is C15H19N3. The zero-order valence-corrected chi connectivity index (χ0v) is 11.1. The van der Waals surface area contributed by atoms with E-state index < -0.39 is 0 Å². The van der Waals surface area contributed by atoms with E-state index in [2.05, 4.69) is 25.2 Å². The van der Waals surface area contributed by atoms with Crippen molar-refractivity contribution in [3.05, 3.63) is 22.9 Å². The number of nitrogens with one attached hydrogen (secondary N) is 1. The highest BCUT2D eigenvalue weighted by molar-refractivity contribution is 5.56. The van der Waals surface area contributed by atoms with Gasteiger partial charge in [0.2, 0.25) is 0 Å². The highest BCUT2D eigenvalue weighted by atomic mass is 15.1. The predicted molar refractivity (Wildman–Crippen MR) is 71.4 cm³/mol. The van der Waals surface area contributed by atoms with Crippen LogP contribution in [-0.2, 0) is 12.8 Å². The highest BCUT2D eigenvalue weighted by Crippen LogP contribution is 2.46. The van der Waals surface area contributed by atoms with Gasteiger partial charge in [-0.25, -0.2) is 4.98 Å². The zero-order chi connectivity index (χ0) is 12.8. The number of aromatic nitrogens is 1. The first-order valence-corrected chi connectivity index (χ1v) is 6.79. The second kappa shape index (κ2) is 3.98. The number of nitriles is 1. The van der Waals surface area contributed by atoms with Crippen LogP contribution in [0, 0.1) is 16.7 Å². The topological polar surface area (TPSA) is 48.7 Å². The number of anilines is 1. The summed E-state index contributed by atoms with van der Waals surface area (Å²) in [5, 5.41) is 12.7. The van der Waals surface area contributed by atoms with Gasteiger partial charge in [0.1, 0.15) is 11.9 Å². The van der Waals surface area contributed by atoms with Crippen molar-refractivity contribution in [2.75, 3.05) is 5.32 Å². The third kappa shape index (κ3) is 1.96. The molecule has 1 unspecified atom stereocenters. The van der Waals surface area contributed by atoms with Crippen molar-refractivity contribution in [1.82, 2.24) is 4.98 Å². The summed E-state index contributed by atoms with van der Waals surface area (Å²) in [6, 6.07) is 4.79. The number of fused-ring (bicyclic) bond motifs is 1. The number of pyridine rings is 1. The molecule has 0 saturated heterocycles. The van der Waals surface area contributed by atoms with E-state index in [1.807, 2.05) is 6.07 Å². The van der Waals surface area contributed by atoms with E-state index in [0.29, 0.717) is 17.0 Å². The van der Waals surface area contributed by atoms with Crippen molar-refractivity contribution in [3.63, 3.8) is 0 Å². The van der Waals surface area contributed by atoms with Gasteiger partial charge in [-0.2, -0.15) is 5.26 Å². The maximum Gasteiger partial charge on any atom is 0.144 e. The normalized spacial score (nSPS) is 23.9. The maximum atomic E-state index is 9.25. The van der Waals surface area contributed by atoms with Gasteiger partial charge >= 0.3 is 0 Å². The number of aryl methyl sites for hydroxylation is 2. The smallest absolute Gasteiger partial charge is 0.144 e. The molecule has 3 rings (SSSR count). The number of nitrogens with zero attached hydrogens (tertiary/aromatic N) is 2. The third-order valence-electron chi connectivity index (χ3n) is 4.25. The molecule has 1 saturated carbocycles. The summed E-state index contributed by atoms with van der Waals surface area (Å²) in [5.74, 6) is 0.800. The van der Waals surface area contributed by atoms with E-state index in [1.165, 1.54) is 24.1 Å². The quantitative estimate of drug-likeness (QED) is 0.865. The van der Waals surface area contributed by atoms with E-state index in [0.717, 1.165) is 25.1 Å². The summed E-state index contributed by atoms with van der Waals surface area (Å²) < 4.78 is 0. The van der Waals surface area contributed by atoms with Crippen molar-refractivity contribution in [2.24, 2.45) is 5.41 Å². The Kier molecular flexibility index (Phi) is 2.55. The Morgan fingerprint density at radius 2 is 2.11 bits per heavy atom. The third-order valence-corrected chi connectivity index (χ3v) is 4.25. The van der Waals surface area contributed by atoms with Crippen LogP contribution in [0.25, 0.3) is 0 Å². The van der Waals surface area contributed by atoms with Gasteiger partial charge in [-0.05, 0) is 49.1 Å². The minimum atomic E-state index is 0.351. The van der Waals surface area contributed by atoms with Crippen LogP contribution in [0.3, 0.4) is 0 Å². The second-order valence-corrected chi connectivity index (χ2v) is 6.20. The Balaban J connectivity index is 1.91. The van der Waals surface area contributed by atoms with Gasteiger partial charge in [0.25, 0.3) is 0 Å². The molecule has 3 heteroatoms. The molecule has 0 spiro atoms. The maximum absolute atomic E-state index is 9.25. The van der Waals surface area contributed by atoms with Crippen LogP contribution in [0.5, 0.6) is 0 Å². The molecule has 1 N–H and O–H groups in total. The SMILES string of the molecule is CC1(C)CC1Nc1nc2c(cc1C#N)CCCC2.